The first kappa shape index (κ1) is 19.9. The van der Waals surface area contributed by atoms with E-state index in [0.717, 1.165) is 0 Å². The van der Waals surface area contributed by atoms with Gasteiger partial charge < -0.3 is 8.85 Å². The highest BCUT2D eigenvalue weighted by Gasteiger charge is 2.49. The third-order valence-electron chi connectivity index (χ3n) is 3.90. The van der Waals surface area contributed by atoms with Crippen LogP contribution in [0.2, 0.25) is 0 Å². The van der Waals surface area contributed by atoms with Crippen LogP contribution in [0.25, 0.3) is 0 Å². The highest BCUT2D eigenvalue weighted by molar-refractivity contribution is 6.93. The Morgan fingerprint density at radius 2 is 0.920 bits per heavy atom. The maximum Gasteiger partial charge on any atom is 0.408 e. The maximum absolute atomic E-state index is 6.85. The lowest BCUT2D eigenvalue weighted by molar-refractivity contribution is 0.0295. The third-order valence-corrected chi connectivity index (χ3v) is 8.24. The second-order valence-electron chi connectivity index (χ2n) is 8.68. The minimum absolute atomic E-state index is 0.317. The lowest BCUT2D eigenvalue weighted by Crippen LogP contribution is -2.69. The van der Waals surface area contributed by atoms with Gasteiger partial charge in [0.05, 0.1) is 11.2 Å². The summed E-state index contributed by atoms with van der Waals surface area (Å²) in [6.45, 7) is 16.9. The van der Waals surface area contributed by atoms with Crippen LogP contribution in [-0.2, 0) is 8.85 Å². The standard InChI is InChI=1S/C22H32O2Si/c1-17-13-9-11-15-19(17)25(23-21(3,4)5,24-22(6,7)8)20-16-12-10-14-18(20)2/h9-16H,1-8H3. The van der Waals surface area contributed by atoms with Gasteiger partial charge in [-0.05, 0) is 66.5 Å². The Kier molecular flexibility index (Phi) is 5.62. The smallest absolute Gasteiger partial charge is 0.383 e. The molecule has 2 aromatic carbocycles. The van der Waals surface area contributed by atoms with E-state index in [1.807, 2.05) is 0 Å². The quantitative estimate of drug-likeness (QED) is 0.752. The second kappa shape index (κ2) is 7.06. The molecule has 25 heavy (non-hydrogen) atoms. The molecule has 0 aliphatic rings. The fourth-order valence-corrected chi connectivity index (χ4v) is 7.47. The summed E-state index contributed by atoms with van der Waals surface area (Å²) in [6.07, 6.45) is 0. The Labute approximate surface area is 154 Å². The molecule has 0 fully saturated rings. The first-order valence-electron chi connectivity index (χ1n) is 8.97. The SMILES string of the molecule is Cc1ccccc1[Si](OC(C)(C)C)(OC(C)(C)C)c1ccccc1C. The van der Waals surface area contributed by atoms with Crippen LogP contribution in [0.3, 0.4) is 0 Å². The van der Waals surface area contributed by atoms with Crippen molar-refractivity contribution in [3.8, 4) is 0 Å². The summed E-state index contributed by atoms with van der Waals surface area (Å²) in [5.41, 5.74) is 1.79. The van der Waals surface area contributed by atoms with Gasteiger partial charge >= 0.3 is 8.56 Å². The molecule has 0 saturated heterocycles. The molecule has 2 rings (SSSR count). The van der Waals surface area contributed by atoms with Crippen LogP contribution in [0, 0.1) is 13.8 Å². The van der Waals surface area contributed by atoms with Crippen LogP contribution in [0.4, 0.5) is 0 Å². The van der Waals surface area contributed by atoms with E-state index in [-0.39, 0.29) is 11.2 Å². The first-order chi connectivity index (χ1) is 11.4. The highest BCUT2D eigenvalue weighted by atomic mass is 28.4. The normalized spacial score (nSPS) is 13.1. The van der Waals surface area contributed by atoms with Gasteiger partial charge in [0.2, 0.25) is 0 Å². The van der Waals surface area contributed by atoms with Crippen LogP contribution in [-0.4, -0.2) is 19.8 Å². The molecule has 3 heteroatoms. The van der Waals surface area contributed by atoms with Gasteiger partial charge in [0.15, 0.2) is 0 Å². The van der Waals surface area contributed by atoms with Crippen LogP contribution in [0.1, 0.15) is 52.7 Å². The van der Waals surface area contributed by atoms with E-state index in [1.54, 1.807) is 0 Å². The second-order valence-corrected chi connectivity index (χ2v) is 11.4. The summed E-state index contributed by atoms with van der Waals surface area (Å²) in [7, 11) is -2.91. The van der Waals surface area contributed by atoms with Crippen LogP contribution < -0.4 is 10.4 Å². The molecule has 0 heterocycles. The van der Waals surface area contributed by atoms with E-state index in [2.05, 4.69) is 104 Å². The Hall–Kier alpha value is -1.42. The van der Waals surface area contributed by atoms with E-state index >= 15 is 0 Å². The monoisotopic (exact) mass is 356 g/mol. The van der Waals surface area contributed by atoms with Crippen molar-refractivity contribution in [3.63, 3.8) is 0 Å². The highest BCUT2D eigenvalue weighted by Crippen LogP contribution is 2.25. The van der Waals surface area contributed by atoms with Crippen molar-refractivity contribution in [2.75, 3.05) is 0 Å². The average molecular weight is 357 g/mol. The van der Waals surface area contributed by atoms with Crippen molar-refractivity contribution < 1.29 is 8.85 Å². The maximum atomic E-state index is 6.85. The Morgan fingerprint density at radius 1 is 0.600 bits per heavy atom. The predicted octanol–water partition coefficient (Wildman–Crippen LogP) is 4.49. The van der Waals surface area contributed by atoms with Crippen molar-refractivity contribution in [1.82, 2.24) is 0 Å². The number of hydrogen-bond acceptors (Lipinski definition) is 2. The van der Waals surface area contributed by atoms with E-state index < -0.39 is 8.56 Å². The van der Waals surface area contributed by atoms with E-state index in [9.17, 15) is 0 Å². The zero-order chi connectivity index (χ0) is 18.9. The Balaban J connectivity index is 2.83. The molecule has 2 nitrogen and oxygen atoms in total. The van der Waals surface area contributed by atoms with Crippen LogP contribution in [0.5, 0.6) is 0 Å². The lowest BCUT2D eigenvalue weighted by Gasteiger charge is -2.42. The molecule has 0 aliphatic carbocycles. The number of rotatable bonds is 4. The van der Waals surface area contributed by atoms with Crippen molar-refractivity contribution in [2.45, 2.75) is 66.6 Å². The molecule has 0 unspecified atom stereocenters. The molecule has 0 radical (unpaired) electrons. The van der Waals surface area contributed by atoms with Crippen LogP contribution in [0.15, 0.2) is 48.5 Å². The Bertz CT molecular complexity index is 660. The largest absolute Gasteiger partial charge is 0.408 e. The minimum atomic E-state index is -2.91. The van der Waals surface area contributed by atoms with E-state index in [4.69, 9.17) is 8.85 Å². The molecule has 0 bridgehead atoms. The molecule has 0 N–H and O–H groups in total. The molecule has 0 aliphatic heterocycles. The molecule has 2 aromatic rings. The van der Waals surface area contributed by atoms with Crippen molar-refractivity contribution in [2.24, 2.45) is 0 Å². The Morgan fingerprint density at radius 3 is 1.20 bits per heavy atom. The van der Waals surface area contributed by atoms with Gasteiger partial charge in [-0.25, -0.2) is 0 Å². The molecular formula is C22H32O2Si. The van der Waals surface area contributed by atoms with Gasteiger partial charge in [-0.15, -0.1) is 0 Å². The van der Waals surface area contributed by atoms with E-state index in [1.165, 1.54) is 21.5 Å². The van der Waals surface area contributed by atoms with Gasteiger partial charge in [-0.2, -0.15) is 0 Å². The number of aryl methyl sites for hydroxylation is 2. The van der Waals surface area contributed by atoms with E-state index in [0.29, 0.717) is 0 Å². The van der Waals surface area contributed by atoms with Crippen molar-refractivity contribution in [3.05, 3.63) is 59.7 Å². The van der Waals surface area contributed by atoms with Crippen molar-refractivity contribution >= 4 is 18.9 Å². The molecular weight excluding hydrogens is 324 g/mol. The molecule has 0 atom stereocenters. The summed E-state index contributed by atoms with van der Waals surface area (Å²) < 4.78 is 13.7. The summed E-state index contributed by atoms with van der Waals surface area (Å²) in [6, 6.07) is 17.0. The van der Waals surface area contributed by atoms with Gasteiger partial charge in [0.1, 0.15) is 0 Å². The molecule has 0 spiro atoms. The minimum Gasteiger partial charge on any atom is -0.383 e. The van der Waals surface area contributed by atoms with Gasteiger partial charge in [-0.3, -0.25) is 0 Å². The fraction of sp³-hybridized carbons (Fsp3) is 0.455. The summed E-state index contributed by atoms with van der Waals surface area (Å²) in [5, 5.41) is 2.38. The van der Waals surface area contributed by atoms with Gasteiger partial charge in [-0.1, -0.05) is 48.5 Å². The van der Waals surface area contributed by atoms with Crippen molar-refractivity contribution in [1.29, 1.82) is 0 Å². The number of hydrogen-bond donors (Lipinski definition) is 0. The molecule has 136 valence electrons. The van der Waals surface area contributed by atoms with Gasteiger partial charge in [0, 0.05) is 10.4 Å². The topological polar surface area (TPSA) is 18.5 Å². The predicted molar refractivity (Wildman–Crippen MR) is 109 cm³/mol. The average Bonchev–Trinajstić information content (AvgIpc) is 2.44. The molecule has 0 amide bonds. The lowest BCUT2D eigenvalue weighted by atomic mass is 10.2. The summed E-state index contributed by atoms with van der Waals surface area (Å²) in [5.74, 6) is 0. The summed E-state index contributed by atoms with van der Waals surface area (Å²) in [4.78, 5) is 0. The summed E-state index contributed by atoms with van der Waals surface area (Å²) >= 11 is 0. The first-order valence-corrected chi connectivity index (χ1v) is 10.8. The fourth-order valence-electron chi connectivity index (χ4n) is 3.13. The molecule has 0 aromatic heterocycles. The number of benzene rings is 2. The zero-order valence-electron chi connectivity index (χ0n) is 16.9. The zero-order valence-corrected chi connectivity index (χ0v) is 17.9. The van der Waals surface area contributed by atoms with Gasteiger partial charge in [0.25, 0.3) is 0 Å². The molecule has 0 saturated carbocycles. The third kappa shape index (κ3) is 4.81. The van der Waals surface area contributed by atoms with Crippen LogP contribution >= 0.6 is 0 Å².